The Labute approximate surface area is 163 Å². The van der Waals surface area contributed by atoms with Gasteiger partial charge in [0.25, 0.3) is 0 Å². The number of rotatable bonds is 2. The van der Waals surface area contributed by atoms with Crippen LogP contribution >= 0.6 is 0 Å². The Hall–Kier alpha value is -2.29. The highest BCUT2D eigenvalue weighted by Crippen LogP contribution is 2.38. The van der Waals surface area contributed by atoms with Gasteiger partial charge in [0, 0.05) is 17.6 Å². The molecule has 0 radical (unpaired) electrons. The molecule has 0 saturated carbocycles. The predicted molar refractivity (Wildman–Crippen MR) is 97.8 cm³/mol. The van der Waals surface area contributed by atoms with Crippen LogP contribution < -0.4 is 0 Å². The molecule has 1 saturated heterocycles. The Morgan fingerprint density at radius 2 is 2.00 bits per heavy atom. The first kappa shape index (κ1) is 22.0. The van der Waals surface area contributed by atoms with E-state index in [1.807, 2.05) is 0 Å². The molecule has 0 amide bonds. The molecule has 8 nitrogen and oxygen atoms in total. The lowest BCUT2D eigenvalue weighted by atomic mass is 9.77. The van der Waals surface area contributed by atoms with Crippen LogP contribution in [0.5, 0.6) is 0 Å². The van der Waals surface area contributed by atoms with E-state index in [0.717, 1.165) is 6.92 Å². The first-order chi connectivity index (χ1) is 12.9. The zero-order chi connectivity index (χ0) is 21.4. The Bertz CT molecular complexity index is 760. The number of hydrogen-bond donors (Lipinski definition) is 3. The third kappa shape index (κ3) is 3.94. The van der Waals surface area contributed by atoms with Crippen molar-refractivity contribution in [1.82, 2.24) is 0 Å². The molecule has 154 valence electrons. The molecular formula is C20H26O8. The lowest BCUT2D eigenvalue weighted by Crippen LogP contribution is -2.57. The molecule has 1 fully saturated rings. The van der Waals surface area contributed by atoms with Crippen molar-refractivity contribution in [2.24, 2.45) is 5.92 Å². The minimum absolute atomic E-state index is 0.0673. The minimum atomic E-state index is -2.34. The topological polar surface area (TPSA) is 130 Å². The summed E-state index contributed by atoms with van der Waals surface area (Å²) < 4.78 is 10.7. The average Bonchev–Trinajstić information content (AvgIpc) is 2.90. The summed E-state index contributed by atoms with van der Waals surface area (Å²) in [4.78, 5) is 37.0. The van der Waals surface area contributed by atoms with Crippen LogP contribution in [0.15, 0.2) is 35.5 Å². The van der Waals surface area contributed by atoms with Gasteiger partial charge in [-0.05, 0) is 39.3 Å². The van der Waals surface area contributed by atoms with Crippen molar-refractivity contribution in [3.8, 4) is 0 Å². The zero-order valence-electron chi connectivity index (χ0n) is 16.3. The number of esters is 2. The number of ketones is 1. The van der Waals surface area contributed by atoms with E-state index in [9.17, 15) is 29.7 Å². The Kier molecular flexibility index (Phi) is 6.27. The number of hydrogen-bond acceptors (Lipinski definition) is 8. The number of fused-ring (bicyclic) bond motifs is 1. The van der Waals surface area contributed by atoms with Crippen molar-refractivity contribution in [3.63, 3.8) is 0 Å². The molecule has 0 aromatic carbocycles. The fraction of sp³-hybridized carbons (Fsp3) is 0.550. The molecule has 0 aromatic heterocycles. The van der Waals surface area contributed by atoms with Gasteiger partial charge in [0.15, 0.2) is 5.78 Å². The lowest BCUT2D eigenvalue weighted by molar-refractivity contribution is -0.180. The fourth-order valence-electron chi connectivity index (χ4n) is 3.20. The van der Waals surface area contributed by atoms with Crippen LogP contribution in [0.25, 0.3) is 0 Å². The van der Waals surface area contributed by atoms with Gasteiger partial charge in [0.05, 0.1) is 12.0 Å². The van der Waals surface area contributed by atoms with Gasteiger partial charge in [0.1, 0.15) is 23.9 Å². The molecule has 1 aliphatic carbocycles. The minimum Gasteiger partial charge on any atom is -0.455 e. The Balaban J connectivity index is 2.61. The van der Waals surface area contributed by atoms with Crippen molar-refractivity contribution < 1.29 is 39.2 Å². The van der Waals surface area contributed by atoms with Crippen LogP contribution in [0.4, 0.5) is 0 Å². The summed E-state index contributed by atoms with van der Waals surface area (Å²) in [5.41, 5.74) is -1.83. The van der Waals surface area contributed by atoms with E-state index in [1.165, 1.54) is 19.1 Å². The van der Waals surface area contributed by atoms with E-state index >= 15 is 0 Å². The summed E-state index contributed by atoms with van der Waals surface area (Å²) in [7, 11) is 0. The number of aliphatic hydroxyl groups is 3. The number of carbonyl (C=O) groups excluding carboxylic acids is 3. The standard InChI is InChI=1S/C20H26O8/c1-6-9(2)18(24)28-16-15-11(4)19(25)27-13(15)7-10(3)12(21)8-14(22)20(5,26)17(16)23/h6-7,12-13,15-17,21,23,26H,4,8H2,1-3,5H3/b9-6+,10-7+/t12-,13+,15+,16-,17+,20-/m0/s1. The summed E-state index contributed by atoms with van der Waals surface area (Å²) >= 11 is 0. The summed E-state index contributed by atoms with van der Waals surface area (Å²) in [6.07, 6.45) is -3.11. The monoisotopic (exact) mass is 394 g/mol. The lowest BCUT2D eigenvalue weighted by Gasteiger charge is -2.37. The van der Waals surface area contributed by atoms with Gasteiger partial charge in [-0.15, -0.1) is 0 Å². The second kappa shape index (κ2) is 7.98. The SMILES string of the molecule is C=C1C(=O)O[C@@H]2/C=C(\C)[C@@H](O)CC(=O)[C@](C)(O)[C@H](O)[C@@H](OC(=O)/C(C)=C/C)[C@H]12. The smallest absolute Gasteiger partial charge is 0.334 e. The number of aliphatic hydroxyl groups excluding tert-OH is 2. The predicted octanol–water partition coefficient (Wildman–Crippen LogP) is 0.354. The third-order valence-electron chi connectivity index (χ3n) is 5.40. The number of allylic oxidation sites excluding steroid dienone is 1. The molecule has 28 heavy (non-hydrogen) atoms. The van der Waals surface area contributed by atoms with Crippen molar-refractivity contribution in [2.75, 3.05) is 0 Å². The highest BCUT2D eigenvalue weighted by atomic mass is 16.6. The molecule has 8 heteroatoms. The first-order valence-corrected chi connectivity index (χ1v) is 8.95. The number of carbonyl (C=O) groups is 3. The highest BCUT2D eigenvalue weighted by molar-refractivity contribution is 5.92. The largest absolute Gasteiger partial charge is 0.455 e. The van der Waals surface area contributed by atoms with Crippen LogP contribution in [0.3, 0.4) is 0 Å². The molecule has 1 heterocycles. The van der Waals surface area contributed by atoms with E-state index in [0.29, 0.717) is 5.57 Å². The van der Waals surface area contributed by atoms with Crippen molar-refractivity contribution >= 4 is 17.7 Å². The molecule has 3 N–H and O–H groups in total. The Morgan fingerprint density at radius 3 is 2.57 bits per heavy atom. The Morgan fingerprint density at radius 1 is 1.39 bits per heavy atom. The van der Waals surface area contributed by atoms with Gasteiger partial charge >= 0.3 is 11.9 Å². The summed E-state index contributed by atoms with van der Waals surface area (Å²) in [6, 6.07) is 0. The average molecular weight is 394 g/mol. The van der Waals surface area contributed by atoms with Gasteiger partial charge < -0.3 is 24.8 Å². The van der Waals surface area contributed by atoms with Crippen LogP contribution in [0, 0.1) is 5.92 Å². The summed E-state index contributed by atoms with van der Waals surface area (Å²) in [5, 5.41) is 31.7. The molecular weight excluding hydrogens is 368 g/mol. The van der Waals surface area contributed by atoms with E-state index in [2.05, 4.69) is 6.58 Å². The van der Waals surface area contributed by atoms with Crippen LogP contribution in [0.2, 0.25) is 0 Å². The zero-order valence-corrected chi connectivity index (χ0v) is 16.3. The van der Waals surface area contributed by atoms with Crippen molar-refractivity contribution in [3.05, 3.63) is 35.5 Å². The number of Topliss-reactive ketones (excluding diaryl/α,β-unsaturated/α-hetero) is 1. The fourth-order valence-corrected chi connectivity index (χ4v) is 3.20. The molecule has 0 aromatic rings. The van der Waals surface area contributed by atoms with E-state index in [4.69, 9.17) is 9.47 Å². The van der Waals surface area contributed by atoms with Crippen LogP contribution in [0.1, 0.15) is 34.1 Å². The normalized spacial score (nSPS) is 39.0. The van der Waals surface area contributed by atoms with E-state index < -0.39 is 60.1 Å². The maximum atomic E-state index is 12.5. The summed E-state index contributed by atoms with van der Waals surface area (Å²) in [5.74, 6) is -3.41. The first-order valence-electron chi connectivity index (χ1n) is 8.95. The van der Waals surface area contributed by atoms with Gasteiger partial charge in [-0.2, -0.15) is 0 Å². The maximum Gasteiger partial charge on any atom is 0.334 e. The van der Waals surface area contributed by atoms with Gasteiger partial charge in [-0.25, -0.2) is 9.59 Å². The number of ether oxygens (including phenoxy) is 2. The third-order valence-corrected chi connectivity index (χ3v) is 5.40. The van der Waals surface area contributed by atoms with Gasteiger partial charge in [-0.1, -0.05) is 12.7 Å². The van der Waals surface area contributed by atoms with Crippen LogP contribution in [-0.4, -0.2) is 63.1 Å². The summed E-state index contributed by atoms with van der Waals surface area (Å²) in [6.45, 7) is 9.41. The molecule has 6 atom stereocenters. The second-order valence-electron chi connectivity index (χ2n) is 7.41. The van der Waals surface area contributed by atoms with E-state index in [1.54, 1.807) is 13.8 Å². The van der Waals surface area contributed by atoms with Crippen molar-refractivity contribution in [2.45, 2.75) is 64.1 Å². The van der Waals surface area contributed by atoms with E-state index in [-0.39, 0.29) is 11.1 Å². The molecule has 2 rings (SSSR count). The van der Waals surface area contributed by atoms with Crippen molar-refractivity contribution in [1.29, 1.82) is 0 Å². The van der Waals surface area contributed by atoms with Crippen LogP contribution in [-0.2, 0) is 23.9 Å². The quantitative estimate of drug-likeness (QED) is 0.348. The van der Waals surface area contributed by atoms with Gasteiger partial charge in [-0.3, -0.25) is 4.79 Å². The molecule has 0 spiro atoms. The molecule has 2 aliphatic rings. The second-order valence-corrected chi connectivity index (χ2v) is 7.41. The maximum absolute atomic E-state index is 12.5. The highest BCUT2D eigenvalue weighted by Gasteiger charge is 2.54. The van der Waals surface area contributed by atoms with Gasteiger partial charge in [0.2, 0.25) is 0 Å². The molecule has 1 aliphatic heterocycles. The molecule has 0 bridgehead atoms. The molecule has 0 unspecified atom stereocenters.